The second-order valence-corrected chi connectivity index (χ2v) is 5.39. The van der Waals surface area contributed by atoms with Gasteiger partial charge in [0.2, 0.25) is 5.91 Å². The van der Waals surface area contributed by atoms with Gasteiger partial charge in [-0.25, -0.2) is 9.69 Å². The number of aliphatic hydroxyl groups excluding tert-OH is 1. The maximum absolute atomic E-state index is 12.4. The van der Waals surface area contributed by atoms with Crippen LogP contribution in [0.5, 0.6) is 0 Å². The Morgan fingerprint density at radius 3 is 2.71 bits per heavy atom. The molecule has 2 rings (SSSR count). The Morgan fingerprint density at radius 2 is 2.10 bits per heavy atom. The molecule has 0 unspecified atom stereocenters. The molecular formula is C16H21NO4. The topological polar surface area (TPSA) is 66.8 Å². The molecule has 0 aliphatic carbocycles. The number of benzene rings is 1. The van der Waals surface area contributed by atoms with E-state index in [4.69, 9.17) is 4.74 Å². The minimum absolute atomic E-state index is 0.203. The fourth-order valence-corrected chi connectivity index (χ4v) is 2.50. The van der Waals surface area contributed by atoms with Crippen LogP contribution in [0.1, 0.15) is 25.8 Å². The van der Waals surface area contributed by atoms with Crippen LogP contribution >= 0.6 is 0 Å². The van der Waals surface area contributed by atoms with Gasteiger partial charge >= 0.3 is 6.09 Å². The first-order chi connectivity index (χ1) is 10.0. The van der Waals surface area contributed by atoms with Crippen molar-refractivity contribution < 1.29 is 19.4 Å². The van der Waals surface area contributed by atoms with Gasteiger partial charge in [-0.05, 0) is 18.4 Å². The lowest BCUT2D eigenvalue weighted by Gasteiger charge is -2.25. The molecule has 21 heavy (non-hydrogen) atoms. The SMILES string of the molecule is CC[C@H](O)[C@H](C)C(=O)N1C(=O)OC[C@H]1Cc1ccccc1. The maximum atomic E-state index is 12.4. The van der Waals surface area contributed by atoms with Gasteiger partial charge in [-0.2, -0.15) is 0 Å². The standard InChI is InChI=1S/C16H21NO4/c1-3-14(18)11(2)15(19)17-13(10-21-16(17)20)9-12-7-5-4-6-8-12/h4-8,11,13-14,18H,3,9-10H2,1-2H3/t11-,13+,14-/m0/s1. The summed E-state index contributed by atoms with van der Waals surface area (Å²) in [5, 5.41) is 9.82. The number of rotatable bonds is 5. The molecule has 1 heterocycles. The molecule has 1 aromatic carbocycles. The molecule has 0 spiro atoms. The summed E-state index contributed by atoms with van der Waals surface area (Å²) in [5.41, 5.74) is 1.04. The second kappa shape index (κ2) is 6.72. The lowest BCUT2D eigenvalue weighted by Crippen LogP contribution is -2.45. The Balaban J connectivity index is 2.11. The number of amides is 2. The molecule has 0 saturated carbocycles. The molecule has 1 N–H and O–H groups in total. The zero-order valence-corrected chi connectivity index (χ0v) is 12.4. The smallest absolute Gasteiger partial charge is 0.416 e. The second-order valence-electron chi connectivity index (χ2n) is 5.39. The number of carbonyl (C=O) groups excluding carboxylic acids is 2. The van der Waals surface area contributed by atoms with E-state index < -0.39 is 18.1 Å². The average Bonchev–Trinajstić information content (AvgIpc) is 2.86. The van der Waals surface area contributed by atoms with Gasteiger partial charge in [0.15, 0.2) is 0 Å². The van der Waals surface area contributed by atoms with Crippen molar-refractivity contribution >= 4 is 12.0 Å². The number of ether oxygens (including phenoxy) is 1. The summed E-state index contributed by atoms with van der Waals surface area (Å²) < 4.78 is 5.02. The zero-order valence-electron chi connectivity index (χ0n) is 12.4. The van der Waals surface area contributed by atoms with E-state index in [1.165, 1.54) is 0 Å². The summed E-state index contributed by atoms with van der Waals surface area (Å²) in [6, 6.07) is 9.36. The number of aliphatic hydroxyl groups is 1. The number of hydrogen-bond acceptors (Lipinski definition) is 4. The molecule has 2 amide bonds. The van der Waals surface area contributed by atoms with Gasteiger partial charge in [-0.1, -0.05) is 44.2 Å². The summed E-state index contributed by atoms with van der Waals surface area (Å²) in [4.78, 5) is 25.4. The lowest BCUT2D eigenvalue weighted by atomic mass is 9.99. The van der Waals surface area contributed by atoms with E-state index in [0.29, 0.717) is 12.8 Å². The molecule has 3 atom stereocenters. The quantitative estimate of drug-likeness (QED) is 0.901. The fourth-order valence-electron chi connectivity index (χ4n) is 2.50. The van der Waals surface area contributed by atoms with E-state index in [0.717, 1.165) is 10.5 Å². The Hall–Kier alpha value is -1.88. The number of nitrogens with zero attached hydrogens (tertiary/aromatic N) is 1. The average molecular weight is 291 g/mol. The van der Waals surface area contributed by atoms with E-state index in [1.807, 2.05) is 30.3 Å². The third kappa shape index (κ3) is 3.42. The Morgan fingerprint density at radius 1 is 1.43 bits per heavy atom. The van der Waals surface area contributed by atoms with Crippen molar-refractivity contribution in [3.8, 4) is 0 Å². The predicted octanol–water partition coefficient (Wildman–Crippen LogP) is 1.98. The highest BCUT2D eigenvalue weighted by Gasteiger charge is 2.40. The van der Waals surface area contributed by atoms with Crippen LogP contribution in [0.25, 0.3) is 0 Å². The van der Waals surface area contributed by atoms with Gasteiger partial charge < -0.3 is 9.84 Å². The molecular weight excluding hydrogens is 270 g/mol. The summed E-state index contributed by atoms with van der Waals surface area (Å²) in [6.45, 7) is 3.65. The van der Waals surface area contributed by atoms with Gasteiger partial charge in [0.25, 0.3) is 0 Å². The first-order valence-electron chi connectivity index (χ1n) is 7.26. The molecule has 1 fully saturated rings. The first kappa shape index (κ1) is 15.5. The zero-order chi connectivity index (χ0) is 15.4. The summed E-state index contributed by atoms with van der Waals surface area (Å²) in [6.07, 6.45) is -0.328. The van der Waals surface area contributed by atoms with Crippen LogP contribution in [0.2, 0.25) is 0 Å². The molecule has 1 aliphatic heterocycles. The first-order valence-corrected chi connectivity index (χ1v) is 7.26. The minimum Gasteiger partial charge on any atom is -0.447 e. The Kier molecular flexibility index (Phi) is 4.96. The highest BCUT2D eigenvalue weighted by atomic mass is 16.6. The van der Waals surface area contributed by atoms with Crippen molar-refractivity contribution in [1.29, 1.82) is 0 Å². The van der Waals surface area contributed by atoms with E-state index in [9.17, 15) is 14.7 Å². The Bertz CT molecular complexity index is 502. The van der Waals surface area contributed by atoms with Crippen molar-refractivity contribution in [2.45, 2.75) is 38.8 Å². The maximum Gasteiger partial charge on any atom is 0.416 e. The Labute approximate surface area is 124 Å². The molecule has 1 saturated heterocycles. The molecule has 5 nitrogen and oxygen atoms in total. The molecule has 1 aliphatic rings. The number of carbonyl (C=O) groups is 2. The number of imide groups is 1. The predicted molar refractivity (Wildman–Crippen MR) is 77.6 cm³/mol. The minimum atomic E-state index is -0.747. The van der Waals surface area contributed by atoms with Gasteiger partial charge in [0, 0.05) is 0 Å². The third-order valence-electron chi connectivity index (χ3n) is 3.90. The molecule has 0 bridgehead atoms. The molecule has 114 valence electrons. The fraction of sp³-hybridized carbons (Fsp3) is 0.500. The van der Waals surface area contributed by atoms with Crippen LogP contribution in [0.15, 0.2) is 30.3 Å². The van der Waals surface area contributed by atoms with Gasteiger partial charge in [-0.3, -0.25) is 4.79 Å². The highest BCUT2D eigenvalue weighted by Crippen LogP contribution is 2.21. The normalized spacial score (nSPS) is 21.0. The van der Waals surface area contributed by atoms with Crippen LogP contribution < -0.4 is 0 Å². The summed E-state index contributed by atoms with van der Waals surface area (Å²) >= 11 is 0. The van der Waals surface area contributed by atoms with Crippen LogP contribution in [0.3, 0.4) is 0 Å². The van der Waals surface area contributed by atoms with Crippen molar-refractivity contribution in [3.05, 3.63) is 35.9 Å². The monoisotopic (exact) mass is 291 g/mol. The van der Waals surface area contributed by atoms with Crippen LogP contribution in [-0.2, 0) is 16.0 Å². The van der Waals surface area contributed by atoms with Crippen molar-refractivity contribution in [2.24, 2.45) is 5.92 Å². The molecule has 0 radical (unpaired) electrons. The van der Waals surface area contributed by atoms with Crippen LogP contribution in [0, 0.1) is 5.92 Å². The van der Waals surface area contributed by atoms with E-state index >= 15 is 0 Å². The van der Waals surface area contributed by atoms with Crippen molar-refractivity contribution in [3.63, 3.8) is 0 Å². The number of cyclic esters (lactones) is 1. The van der Waals surface area contributed by atoms with E-state index in [1.54, 1.807) is 13.8 Å². The summed E-state index contributed by atoms with van der Waals surface area (Å²) in [7, 11) is 0. The lowest BCUT2D eigenvalue weighted by molar-refractivity contribution is -0.136. The number of hydrogen-bond donors (Lipinski definition) is 1. The molecule has 1 aromatic rings. The third-order valence-corrected chi connectivity index (χ3v) is 3.90. The summed E-state index contributed by atoms with van der Waals surface area (Å²) in [5.74, 6) is -0.980. The van der Waals surface area contributed by atoms with Gasteiger partial charge in [0.1, 0.15) is 6.61 Å². The van der Waals surface area contributed by atoms with Gasteiger partial charge in [0.05, 0.1) is 18.1 Å². The molecule has 0 aromatic heterocycles. The van der Waals surface area contributed by atoms with Gasteiger partial charge in [-0.15, -0.1) is 0 Å². The van der Waals surface area contributed by atoms with Crippen LogP contribution in [0.4, 0.5) is 4.79 Å². The van der Waals surface area contributed by atoms with E-state index in [-0.39, 0.29) is 18.6 Å². The van der Waals surface area contributed by atoms with Crippen LogP contribution in [-0.4, -0.2) is 40.8 Å². The van der Waals surface area contributed by atoms with Crippen molar-refractivity contribution in [1.82, 2.24) is 4.90 Å². The van der Waals surface area contributed by atoms with E-state index in [2.05, 4.69) is 0 Å². The largest absolute Gasteiger partial charge is 0.447 e. The highest BCUT2D eigenvalue weighted by molar-refractivity contribution is 5.94. The van der Waals surface area contributed by atoms with Crippen molar-refractivity contribution in [2.75, 3.05) is 6.61 Å². The molecule has 5 heteroatoms.